The van der Waals surface area contributed by atoms with Crippen LogP contribution in [-0.4, -0.2) is 17.5 Å². The fourth-order valence-corrected chi connectivity index (χ4v) is 3.32. The van der Waals surface area contributed by atoms with Gasteiger partial charge in [-0.1, -0.05) is 0 Å². The van der Waals surface area contributed by atoms with Crippen molar-refractivity contribution >= 4 is 28.8 Å². The second-order valence-corrected chi connectivity index (χ2v) is 5.07. The maximum absolute atomic E-state index is 3.58. The van der Waals surface area contributed by atoms with Crippen LogP contribution in [0.4, 0.5) is 5.69 Å². The molecular weight excluding hydrogens is 186 g/mol. The van der Waals surface area contributed by atoms with Crippen molar-refractivity contribution in [2.45, 2.75) is 19.4 Å². The molecular formula is C9H13NS2. The van der Waals surface area contributed by atoms with E-state index in [2.05, 4.69) is 34.8 Å². The lowest BCUT2D eigenvalue weighted by Gasteiger charge is -2.11. The third kappa shape index (κ3) is 1.77. The first-order valence-corrected chi connectivity index (χ1v) is 6.33. The molecule has 1 saturated heterocycles. The summed E-state index contributed by atoms with van der Waals surface area (Å²) in [5, 5.41) is 7.98. The first kappa shape index (κ1) is 8.45. The predicted octanol–water partition coefficient (Wildman–Crippen LogP) is 2.97. The highest BCUT2D eigenvalue weighted by atomic mass is 32.2. The van der Waals surface area contributed by atoms with Crippen molar-refractivity contribution < 1.29 is 0 Å². The van der Waals surface area contributed by atoms with Gasteiger partial charge in [-0.05, 0) is 30.0 Å². The Morgan fingerprint density at radius 1 is 1.50 bits per heavy atom. The Kier molecular flexibility index (Phi) is 2.61. The smallest absolute Gasteiger partial charge is 0.0480 e. The zero-order chi connectivity index (χ0) is 8.39. The second-order valence-electron chi connectivity index (χ2n) is 3.17. The molecule has 0 amide bonds. The van der Waals surface area contributed by atoms with Gasteiger partial charge in [-0.3, -0.25) is 0 Å². The third-order valence-corrected chi connectivity index (χ3v) is 4.17. The molecule has 1 unspecified atom stereocenters. The summed E-state index contributed by atoms with van der Waals surface area (Å²) in [6.07, 6.45) is 1.32. The average molecular weight is 199 g/mol. The maximum atomic E-state index is 3.58. The molecule has 0 aromatic carbocycles. The summed E-state index contributed by atoms with van der Waals surface area (Å²) < 4.78 is 0. The van der Waals surface area contributed by atoms with Crippen LogP contribution < -0.4 is 5.32 Å². The Labute approximate surface area is 81.6 Å². The standard InChI is InChI=1S/C9H13NS2/c1-7-4-12-6-9(7)10-8-2-3-11-5-8/h4,6,8,10H,2-3,5H2,1H3. The van der Waals surface area contributed by atoms with E-state index in [4.69, 9.17) is 0 Å². The van der Waals surface area contributed by atoms with Crippen LogP contribution in [-0.2, 0) is 0 Å². The van der Waals surface area contributed by atoms with Crippen molar-refractivity contribution in [2.24, 2.45) is 0 Å². The summed E-state index contributed by atoms with van der Waals surface area (Å²) in [4.78, 5) is 0. The van der Waals surface area contributed by atoms with Crippen LogP contribution in [0.2, 0.25) is 0 Å². The lowest BCUT2D eigenvalue weighted by molar-refractivity contribution is 0.812. The van der Waals surface area contributed by atoms with Gasteiger partial charge >= 0.3 is 0 Å². The van der Waals surface area contributed by atoms with Crippen LogP contribution in [0.5, 0.6) is 0 Å². The monoisotopic (exact) mass is 199 g/mol. The summed E-state index contributed by atoms with van der Waals surface area (Å²) in [5.74, 6) is 2.59. The Bertz CT molecular complexity index is 251. The SMILES string of the molecule is Cc1cscc1NC1CCSC1. The zero-order valence-electron chi connectivity index (χ0n) is 7.17. The van der Waals surface area contributed by atoms with Gasteiger partial charge in [0.1, 0.15) is 0 Å². The summed E-state index contributed by atoms with van der Waals surface area (Å²) >= 11 is 3.83. The van der Waals surface area contributed by atoms with Gasteiger partial charge < -0.3 is 5.32 Å². The molecule has 0 aliphatic carbocycles. The fraction of sp³-hybridized carbons (Fsp3) is 0.556. The minimum absolute atomic E-state index is 0.711. The van der Waals surface area contributed by atoms with E-state index in [9.17, 15) is 0 Å². The van der Waals surface area contributed by atoms with E-state index in [0.29, 0.717) is 6.04 Å². The highest BCUT2D eigenvalue weighted by Gasteiger charge is 2.15. The Morgan fingerprint density at radius 3 is 3.00 bits per heavy atom. The van der Waals surface area contributed by atoms with Crippen molar-refractivity contribution in [1.29, 1.82) is 0 Å². The van der Waals surface area contributed by atoms with E-state index in [-0.39, 0.29) is 0 Å². The molecule has 0 bridgehead atoms. The van der Waals surface area contributed by atoms with Crippen LogP contribution >= 0.6 is 23.1 Å². The molecule has 1 aromatic rings. The summed E-state index contributed by atoms with van der Waals surface area (Å²) in [6, 6.07) is 0.711. The molecule has 2 rings (SSSR count). The number of hydrogen-bond acceptors (Lipinski definition) is 3. The quantitative estimate of drug-likeness (QED) is 0.786. The van der Waals surface area contributed by atoms with E-state index in [0.717, 1.165) is 0 Å². The number of rotatable bonds is 2. The minimum Gasteiger partial charge on any atom is -0.381 e. The molecule has 1 fully saturated rings. The number of anilines is 1. The van der Waals surface area contributed by atoms with E-state index < -0.39 is 0 Å². The van der Waals surface area contributed by atoms with Crippen molar-refractivity contribution in [1.82, 2.24) is 0 Å². The van der Waals surface area contributed by atoms with Crippen molar-refractivity contribution in [3.05, 3.63) is 16.3 Å². The normalized spacial score (nSPS) is 22.9. The molecule has 1 aromatic heterocycles. The average Bonchev–Trinajstić information content (AvgIpc) is 2.65. The molecule has 1 N–H and O–H groups in total. The van der Waals surface area contributed by atoms with Gasteiger partial charge in [0.25, 0.3) is 0 Å². The molecule has 1 nitrogen and oxygen atoms in total. The van der Waals surface area contributed by atoms with E-state index in [1.807, 2.05) is 0 Å². The molecule has 0 radical (unpaired) electrons. The van der Waals surface area contributed by atoms with Gasteiger partial charge in [-0.2, -0.15) is 11.8 Å². The van der Waals surface area contributed by atoms with E-state index >= 15 is 0 Å². The number of aryl methyl sites for hydroxylation is 1. The van der Waals surface area contributed by atoms with Crippen molar-refractivity contribution in [3.8, 4) is 0 Å². The number of nitrogens with one attached hydrogen (secondary N) is 1. The minimum atomic E-state index is 0.711. The highest BCUT2D eigenvalue weighted by Crippen LogP contribution is 2.25. The largest absolute Gasteiger partial charge is 0.381 e. The Morgan fingerprint density at radius 2 is 2.42 bits per heavy atom. The second kappa shape index (κ2) is 3.71. The van der Waals surface area contributed by atoms with Crippen molar-refractivity contribution in [3.63, 3.8) is 0 Å². The molecule has 1 aliphatic heterocycles. The zero-order valence-corrected chi connectivity index (χ0v) is 8.80. The van der Waals surface area contributed by atoms with Gasteiger partial charge in [-0.15, -0.1) is 11.3 Å². The Balaban J connectivity index is 1.98. The predicted molar refractivity (Wildman–Crippen MR) is 58.4 cm³/mol. The summed E-state index contributed by atoms with van der Waals surface area (Å²) in [7, 11) is 0. The van der Waals surface area contributed by atoms with Crippen LogP contribution in [0.25, 0.3) is 0 Å². The van der Waals surface area contributed by atoms with Crippen LogP contribution in [0, 0.1) is 6.92 Å². The first-order valence-electron chi connectivity index (χ1n) is 4.23. The lowest BCUT2D eigenvalue weighted by atomic mass is 10.2. The van der Waals surface area contributed by atoms with Crippen LogP contribution in [0.3, 0.4) is 0 Å². The maximum Gasteiger partial charge on any atom is 0.0480 e. The number of thioether (sulfide) groups is 1. The molecule has 66 valence electrons. The topological polar surface area (TPSA) is 12.0 Å². The van der Waals surface area contributed by atoms with Crippen LogP contribution in [0.1, 0.15) is 12.0 Å². The molecule has 0 saturated carbocycles. The molecule has 0 spiro atoms. The molecule has 2 heterocycles. The van der Waals surface area contributed by atoms with Gasteiger partial charge in [0, 0.05) is 22.9 Å². The molecule has 3 heteroatoms. The molecule has 12 heavy (non-hydrogen) atoms. The number of hydrogen-bond donors (Lipinski definition) is 1. The van der Waals surface area contributed by atoms with E-state index in [1.165, 1.54) is 29.2 Å². The number of thiophene rings is 1. The molecule has 1 aliphatic rings. The highest BCUT2D eigenvalue weighted by molar-refractivity contribution is 7.99. The van der Waals surface area contributed by atoms with Gasteiger partial charge in [0.05, 0.1) is 0 Å². The van der Waals surface area contributed by atoms with Crippen LogP contribution in [0.15, 0.2) is 10.8 Å². The van der Waals surface area contributed by atoms with Gasteiger partial charge in [0.15, 0.2) is 0 Å². The Hall–Kier alpha value is -0.150. The lowest BCUT2D eigenvalue weighted by Crippen LogP contribution is -2.17. The third-order valence-electron chi connectivity index (χ3n) is 2.14. The van der Waals surface area contributed by atoms with Crippen molar-refractivity contribution in [2.75, 3.05) is 16.8 Å². The molecule has 1 atom stereocenters. The summed E-state index contributed by atoms with van der Waals surface area (Å²) in [5.41, 5.74) is 2.73. The summed E-state index contributed by atoms with van der Waals surface area (Å²) in [6.45, 7) is 2.17. The van der Waals surface area contributed by atoms with E-state index in [1.54, 1.807) is 11.3 Å². The fourth-order valence-electron chi connectivity index (χ4n) is 1.38. The first-order chi connectivity index (χ1) is 5.86. The van der Waals surface area contributed by atoms with Gasteiger partial charge in [0.2, 0.25) is 0 Å². The van der Waals surface area contributed by atoms with Gasteiger partial charge in [-0.25, -0.2) is 0 Å².